The van der Waals surface area contributed by atoms with Gasteiger partial charge in [0.2, 0.25) is 5.79 Å². The molecule has 216 valence electrons. The number of hydrogen-bond acceptors (Lipinski definition) is 7. The number of likely N-dealkylation sites (N-methyl/N-ethyl adjacent to an activating group) is 1. The molecule has 1 aromatic rings. The van der Waals surface area contributed by atoms with Crippen molar-refractivity contribution in [1.82, 2.24) is 10.6 Å². The monoisotopic (exact) mass is 554 g/mol. The Balaban J connectivity index is 1.74. The van der Waals surface area contributed by atoms with Gasteiger partial charge in [0.1, 0.15) is 17.2 Å². The van der Waals surface area contributed by atoms with Gasteiger partial charge in [0.25, 0.3) is 0 Å². The Morgan fingerprint density at radius 2 is 2.02 bits per heavy atom. The fourth-order valence-electron chi connectivity index (χ4n) is 4.58. The van der Waals surface area contributed by atoms with E-state index in [0.29, 0.717) is 36.7 Å². The molecule has 1 fully saturated rings. The van der Waals surface area contributed by atoms with Gasteiger partial charge in [0.05, 0.1) is 11.9 Å². The van der Waals surface area contributed by atoms with E-state index in [1.54, 1.807) is 6.07 Å². The molecule has 0 radical (unpaired) electrons. The van der Waals surface area contributed by atoms with Gasteiger partial charge in [0, 0.05) is 38.3 Å². The average molecular weight is 555 g/mol. The van der Waals surface area contributed by atoms with E-state index >= 15 is 4.39 Å². The van der Waals surface area contributed by atoms with E-state index in [9.17, 15) is 9.50 Å². The molecule has 1 aromatic carbocycles. The maximum Gasteiger partial charge on any atom is 0.239 e. The number of rotatable bonds is 10. The van der Waals surface area contributed by atoms with E-state index in [-0.39, 0.29) is 23.4 Å². The third kappa shape index (κ3) is 6.89. The summed E-state index contributed by atoms with van der Waals surface area (Å²) in [5, 5.41) is 23.6. The summed E-state index contributed by atoms with van der Waals surface area (Å²) in [6.45, 7) is 9.70. The minimum Gasteiger partial charge on any atom is -0.457 e. The number of hydrazone groups is 1. The number of aliphatic hydroxyl groups is 1. The fraction of sp³-hybridized carbons (Fsp3) is 0.452. The van der Waals surface area contributed by atoms with E-state index in [1.165, 1.54) is 38.0 Å². The van der Waals surface area contributed by atoms with Crippen molar-refractivity contribution < 1.29 is 23.4 Å². The lowest BCUT2D eigenvalue weighted by molar-refractivity contribution is -0.233. The molecule has 3 aliphatic rings. The second kappa shape index (κ2) is 12.5. The summed E-state index contributed by atoms with van der Waals surface area (Å²) in [6.07, 6.45) is 13.8. The van der Waals surface area contributed by atoms with Crippen molar-refractivity contribution in [1.29, 1.82) is 0 Å². The molecule has 2 heterocycles. The minimum absolute atomic E-state index is 0.00398. The van der Waals surface area contributed by atoms with Crippen LogP contribution < -0.4 is 15.6 Å². The number of anilines is 1. The molecule has 0 amide bonds. The molecule has 40 heavy (non-hydrogen) atoms. The zero-order valence-electron chi connectivity index (χ0n) is 23.7. The largest absolute Gasteiger partial charge is 0.457 e. The molecule has 1 aliphatic carbocycles. The first-order valence-electron chi connectivity index (χ1n) is 13.7. The highest BCUT2D eigenvalue weighted by molar-refractivity contribution is 6.15. The summed E-state index contributed by atoms with van der Waals surface area (Å²) < 4.78 is 41.8. The Kier molecular flexibility index (Phi) is 9.28. The van der Waals surface area contributed by atoms with Crippen molar-refractivity contribution >= 4 is 11.4 Å². The van der Waals surface area contributed by atoms with Crippen molar-refractivity contribution in [2.75, 3.05) is 31.8 Å². The number of alkyl halides is 1. The van der Waals surface area contributed by atoms with Crippen LogP contribution in [0.1, 0.15) is 51.5 Å². The van der Waals surface area contributed by atoms with Crippen molar-refractivity contribution in [2.45, 2.75) is 63.4 Å². The van der Waals surface area contributed by atoms with Crippen LogP contribution in [0, 0.1) is 5.82 Å². The van der Waals surface area contributed by atoms with Gasteiger partial charge < -0.3 is 25.2 Å². The molecule has 0 aromatic heterocycles. The van der Waals surface area contributed by atoms with Gasteiger partial charge in [-0.2, -0.15) is 5.10 Å². The maximum absolute atomic E-state index is 15.6. The van der Waals surface area contributed by atoms with Gasteiger partial charge in [-0.3, -0.25) is 0 Å². The third-order valence-corrected chi connectivity index (χ3v) is 7.44. The van der Waals surface area contributed by atoms with Crippen LogP contribution in [-0.4, -0.2) is 55.1 Å². The smallest absolute Gasteiger partial charge is 0.239 e. The second-order valence-electron chi connectivity index (χ2n) is 10.9. The number of ether oxygens (including phenoxy) is 2. The Morgan fingerprint density at radius 3 is 2.65 bits per heavy atom. The lowest BCUT2D eigenvalue weighted by Gasteiger charge is -2.36. The van der Waals surface area contributed by atoms with Crippen molar-refractivity contribution in [3.05, 3.63) is 89.8 Å². The van der Waals surface area contributed by atoms with Crippen LogP contribution in [0.4, 0.5) is 14.5 Å². The first-order valence-corrected chi connectivity index (χ1v) is 13.7. The predicted octanol–water partition coefficient (Wildman–Crippen LogP) is 5.34. The van der Waals surface area contributed by atoms with E-state index < -0.39 is 17.3 Å². The van der Waals surface area contributed by atoms with E-state index in [4.69, 9.17) is 14.6 Å². The van der Waals surface area contributed by atoms with Crippen LogP contribution in [0.3, 0.4) is 0 Å². The molecule has 1 saturated heterocycles. The molecule has 0 spiro atoms. The number of nitrogens with one attached hydrogen (secondary N) is 2. The number of allylic oxidation sites excluding steroid dienone is 4. The normalized spacial score (nSPS) is 22.1. The Morgan fingerprint density at radius 1 is 1.27 bits per heavy atom. The summed E-state index contributed by atoms with van der Waals surface area (Å²) in [5.74, 6) is -2.35. The summed E-state index contributed by atoms with van der Waals surface area (Å²) >= 11 is 0. The highest BCUT2D eigenvalue weighted by atomic mass is 19.1. The first-order chi connectivity index (χ1) is 19.0. The molecule has 0 bridgehead atoms. The molecular formula is C31H40F2N4O3. The predicted molar refractivity (Wildman–Crippen MR) is 155 cm³/mol. The highest BCUT2D eigenvalue weighted by Crippen LogP contribution is 2.36. The van der Waals surface area contributed by atoms with Gasteiger partial charge in [-0.25, -0.2) is 13.8 Å². The van der Waals surface area contributed by atoms with Crippen LogP contribution in [0.2, 0.25) is 0 Å². The molecule has 2 aliphatic heterocycles. The molecule has 9 heteroatoms. The number of hydrogen-bond donors (Lipinski definition) is 3. The van der Waals surface area contributed by atoms with E-state index in [0.717, 1.165) is 24.8 Å². The number of nitrogens with zero attached hydrogens (tertiary/aromatic N) is 2. The standard InChI is InChI=1S/C31H40F2N4O3/c1-21-28(40-31(4,38)30(2,3)33)20-37(27-12-11-23(19-25(27)32)22-14-17-39-18-15-22)36-29(21)26(13-16-34-5)35-24-9-7-6-8-10-24/h6-9,11-13,19-20,22,24,34-35,38H,1,10,14-18H2,2-5H3/b26-13-. The minimum atomic E-state index is -2.19. The molecular weight excluding hydrogens is 514 g/mol. The summed E-state index contributed by atoms with van der Waals surface area (Å²) in [7, 11) is 1.82. The molecule has 7 nitrogen and oxygen atoms in total. The third-order valence-electron chi connectivity index (χ3n) is 7.44. The van der Waals surface area contributed by atoms with Crippen LogP contribution in [-0.2, 0) is 9.47 Å². The second-order valence-corrected chi connectivity index (χ2v) is 10.9. The molecule has 3 N–H and O–H groups in total. The van der Waals surface area contributed by atoms with Gasteiger partial charge in [-0.05, 0) is 69.8 Å². The Bertz CT molecular complexity index is 1240. The quantitative estimate of drug-likeness (QED) is 0.339. The Labute approximate surface area is 235 Å². The molecule has 0 saturated carbocycles. The SMILES string of the molecule is C=C1C(OC(C)(O)C(C)(C)F)=CN(c2ccc(C3CCOCC3)cc2F)N=C1/C(=C/CNC)NC1C=CC=CC1. The zero-order chi connectivity index (χ0) is 28.9. The van der Waals surface area contributed by atoms with Gasteiger partial charge in [-0.1, -0.05) is 36.9 Å². The maximum atomic E-state index is 15.6. The average Bonchev–Trinajstić information content (AvgIpc) is 2.92. The molecule has 2 unspecified atom stereocenters. The van der Waals surface area contributed by atoms with Crippen LogP contribution in [0.5, 0.6) is 0 Å². The van der Waals surface area contributed by atoms with Crippen molar-refractivity contribution in [2.24, 2.45) is 5.10 Å². The lowest BCUT2D eigenvalue weighted by Crippen LogP contribution is -2.47. The topological polar surface area (TPSA) is 78.4 Å². The molecule has 2 atom stereocenters. The van der Waals surface area contributed by atoms with E-state index in [1.807, 2.05) is 37.4 Å². The zero-order valence-corrected chi connectivity index (χ0v) is 23.7. The van der Waals surface area contributed by atoms with Gasteiger partial charge >= 0.3 is 0 Å². The van der Waals surface area contributed by atoms with Crippen molar-refractivity contribution in [3.63, 3.8) is 0 Å². The lowest BCUT2D eigenvalue weighted by atomic mass is 9.91. The van der Waals surface area contributed by atoms with Crippen LogP contribution >= 0.6 is 0 Å². The summed E-state index contributed by atoms with van der Waals surface area (Å²) in [6, 6.07) is 5.11. The molecule has 4 rings (SSSR count). The fourth-order valence-corrected chi connectivity index (χ4v) is 4.58. The van der Waals surface area contributed by atoms with Gasteiger partial charge in [-0.15, -0.1) is 0 Å². The Hall–Kier alpha value is -3.27. The van der Waals surface area contributed by atoms with Crippen molar-refractivity contribution in [3.8, 4) is 0 Å². The van der Waals surface area contributed by atoms with Crippen LogP contribution in [0.25, 0.3) is 0 Å². The summed E-state index contributed by atoms with van der Waals surface area (Å²) in [4.78, 5) is 0. The van der Waals surface area contributed by atoms with Crippen LogP contribution in [0.15, 0.2) is 83.5 Å². The van der Waals surface area contributed by atoms with E-state index in [2.05, 4.69) is 23.3 Å². The highest BCUT2D eigenvalue weighted by Gasteiger charge is 2.44. The number of benzene rings is 1. The number of halogens is 2. The first kappa shape index (κ1) is 29.7. The summed E-state index contributed by atoms with van der Waals surface area (Å²) in [5.41, 5.74) is 0.343. The van der Waals surface area contributed by atoms with Gasteiger partial charge in [0.15, 0.2) is 11.4 Å².